The Labute approximate surface area is 479 Å². The highest BCUT2D eigenvalue weighted by Crippen LogP contribution is 2.38. The first-order chi connectivity index (χ1) is 38.2. The highest BCUT2D eigenvalue weighted by atomic mass is 16.6. The van der Waals surface area contributed by atoms with Crippen molar-refractivity contribution in [2.75, 3.05) is 79.2 Å². The fraction of sp³-hybridized carbons (Fsp3) is 0.619. The van der Waals surface area contributed by atoms with Gasteiger partial charge in [0, 0.05) is 71.2 Å². The van der Waals surface area contributed by atoms with Gasteiger partial charge in [0.25, 0.3) is 0 Å². The van der Waals surface area contributed by atoms with E-state index in [4.69, 9.17) is 19.3 Å². The molecule has 0 saturated carbocycles. The molecular formula is C63H101N5O12. The molecule has 17 nitrogen and oxygen atoms in total. The number of carboxylic acids is 1. The fourth-order valence-electron chi connectivity index (χ4n) is 9.36. The molecule has 0 aromatic heterocycles. The molecule has 7 unspecified atom stereocenters. The number of carbonyl (C=O) groups excluding carboxylic acids is 5. The Hall–Kier alpha value is -5.88. The van der Waals surface area contributed by atoms with Crippen molar-refractivity contribution in [3.05, 3.63) is 102 Å². The van der Waals surface area contributed by atoms with E-state index in [9.17, 15) is 39.0 Å². The number of carbonyl (C=O) groups is 6. The quantitative estimate of drug-likeness (QED) is 0.0744. The van der Waals surface area contributed by atoms with Crippen LogP contribution in [0.5, 0.6) is 5.75 Å². The molecule has 2 aliphatic heterocycles. The number of likely N-dealkylation sites (N-methyl/N-ethyl adjacent to an activating group) is 1. The molecule has 80 heavy (non-hydrogen) atoms. The summed E-state index contributed by atoms with van der Waals surface area (Å²) in [7, 11) is 1.99. The number of hydrogen-bond donors (Lipinski definition) is 4. The summed E-state index contributed by atoms with van der Waals surface area (Å²) in [5.41, 5.74) is 0.776. The number of alkyl carbamates (subject to hydrolysis) is 1. The molecule has 3 amide bonds. The number of allylic oxidation sites excluding steroid dienone is 5. The van der Waals surface area contributed by atoms with Gasteiger partial charge in [-0.25, -0.2) is 9.59 Å². The number of carboxylic acid groups (broad SMARTS) is 1. The van der Waals surface area contributed by atoms with Crippen LogP contribution in [0.2, 0.25) is 0 Å². The fourth-order valence-corrected chi connectivity index (χ4v) is 9.36. The van der Waals surface area contributed by atoms with Crippen LogP contribution in [0.3, 0.4) is 0 Å². The average Bonchev–Trinajstić information content (AvgIpc) is 3.45. The van der Waals surface area contributed by atoms with E-state index < -0.39 is 53.3 Å². The van der Waals surface area contributed by atoms with E-state index in [1.807, 2.05) is 121 Å². The summed E-state index contributed by atoms with van der Waals surface area (Å²) in [6.07, 6.45) is 13.5. The van der Waals surface area contributed by atoms with Gasteiger partial charge in [0.1, 0.15) is 24.0 Å². The summed E-state index contributed by atoms with van der Waals surface area (Å²) in [5.74, 6) is -4.93. The highest BCUT2D eigenvalue weighted by Gasteiger charge is 2.46. The van der Waals surface area contributed by atoms with Crippen LogP contribution in [0.25, 0.3) is 0 Å². The number of nitrogens with one attached hydrogen (secondary N) is 1. The number of nitrogens with zero attached hydrogens (tertiary/aromatic N) is 4. The van der Waals surface area contributed by atoms with E-state index in [-0.39, 0.29) is 67.5 Å². The minimum absolute atomic E-state index is 0.00691. The molecule has 0 spiro atoms. The maximum absolute atomic E-state index is 13.6. The summed E-state index contributed by atoms with van der Waals surface area (Å²) in [6.45, 7) is 31.4. The van der Waals surface area contributed by atoms with Crippen LogP contribution in [0.1, 0.15) is 120 Å². The second-order valence-electron chi connectivity index (χ2n) is 20.8. The number of β-amino-alcohol motifs (C(OH)–C–C–N with tert-alkyl or cyclic N) is 1. The lowest BCUT2D eigenvalue weighted by Crippen LogP contribution is -2.54. The van der Waals surface area contributed by atoms with Crippen molar-refractivity contribution in [1.82, 2.24) is 24.9 Å². The van der Waals surface area contributed by atoms with Gasteiger partial charge < -0.3 is 49.5 Å². The van der Waals surface area contributed by atoms with Crippen LogP contribution in [0.15, 0.2) is 91.1 Å². The average molecular weight is 1120 g/mol. The number of hydrogen-bond acceptors (Lipinski definition) is 13. The molecule has 0 bridgehead atoms. The van der Waals surface area contributed by atoms with E-state index >= 15 is 0 Å². The molecule has 17 heteroatoms. The number of aliphatic carboxylic acids is 1. The summed E-state index contributed by atoms with van der Waals surface area (Å²) < 4.78 is 16.4. The molecule has 2 aromatic rings. The molecule has 4 aliphatic rings. The Balaban J connectivity index is 0.000000700. The number of aliphatic hydroxyl groups is 2. The van der Waals surface area contributed by atoms with Crippen LogP contribution in [-0.4, -0.2) is 162 Å². The third kappa shape index (κ3) is 24.9. The van der Waals surface area contributed by atoms with Crippen molar-refractivity contribution >= 4 is 35.8 Å². The van der Waals surface area contributed by atoms with Crippen molar-refractivity contribution in [1.29, 1.82) is 0 Å². The maximum atomic E-state index is 13.6. The largest absolute Gasteiger partial charge is 0.480 e. The van der Waals surface area contributed by atoms with Gasteiger partial charge in [-0.2, -0.15) is 0 Å². The van der Waals surface area contributed by atoms with E-state index in [0.717, 1.165) is 38.2 Å². The van der Waals surface area contributed by atoms with Gasteiger partial charge in [0.05, 0.1) is 36.9 Å². The third-order valence-corrected chi connectivity index (χ3v) is 13.6. The zero-order valence-electron chi connectivity index (χ0n) is 50.9. The molecule has 2 saturated heterocycles. The predicted octanol–water partition coefficient (Wildman–Crippen LogP) is 9.07. The Kier molecular flexibility index (Phi) is 35.6. The number of ether oxygens (including phenoxy) is 3. The Morgan fingerprint density at radius 2 is 1.26 bits per heavy atom. The molecule has 6 rings (SSSR count). The second kappa shape index (κ2) is 39.5. The number of piperazine rings is 2. The van der Waals surface area contributed by atoms with Crippen molar-refractivity contribution in [2.24, 2.45) is 41.4 Å². The van der Waals surface area contributed by atoms with E-state index in [1.165, 1.54) is 6.42 Å². The van der Waals surface area contributed by atoms with Gasteiger partial charge in [-0.3, -0.25) is 24.1 Å². The molecule has 450 valence electrons. The minimum Gasteiger partial charge on any atom is -0.480 e. The van der Waals surface area contributed by atoms with Crippen LogP contribution in [-0.2, 0) is 46.5 Å². The van der Waals surface area contributed by atoms with Gasteiger partial charge in [0.2, 0.25) is 11.8 Å². The van der Waals surface area contributed by atoms with Crippen LogP contribution >= 0.6 is 0 Å². The molecule has 2 heterocycles. The van der Waals surface area contributed by atoms with Crippen LogP contribution in [0.4, 0.5) is 4.79 Å². The molecule has 0 radical (unpaired) electrons. The molecule has 4 N–H and O–H groups in total. The molecule has 2 fully saturated rings. The van der Waals surface area contributed by atoms with E-state index in [1.54, 1.807) is 49.9 Å². The van der Waals surface area contributed by atoms with Crippen molar-refractivity contribution < 1.29 is 58.3 Å². The first kappa shape index (κ1) is 72.1. The smallest absolute Gasteiger partial charge is 0.408 e. The molecule has 8 atom stereocenters. The van der Waals surface area contributed by atoms with Gasteiger partial charge in [0.15, 0.2) is 0 Å². The van der Waals surface area contributed by atoms with Gasteiger partial charge in [-0.1, -0.05) is 141 Å². The van der Waals surface area contributed by atoms with Crippen molar-refractivity contribution in [3.8, 4) is 5.75 Å². The monoisotopic (exact) mass is 1120 g/mol. The van der Waals surface area contributed by atoms with Crippen LogP contribution in [0, 0.1) is 41.4 Å². The number of esters is 2. The Bertz CT molecular complexity index is 2180. The van der Waals surface area contributed by atoms with Gasteiger partial charge in [-0.05, 0) is 89.6 Å². The Morgan fingerprint density at radius 3 is 1.76 bits per heavy atom. The molecular weight excluding hydrogens is 1020 g/mol. The van der Waals surface area contributed by atoms with Crippen molar-refractivity contribution in [2.45, 2.75) is 134 Å². The predicted molar refractivity (Wildman–Crippen MR) is 317 cm³/mol. The van der Waals surface area contributed by atoms with E-state index in [2.05, 4.69) is 42.0 Å². The van der Waals surface area contributed by atoms with Gasteiger partial charge >= 0.3 is 24.0 Å². The standard InChI is InChI=1S/C29H41N3O8.C23H32N2O4.C4H8.C3H8.2C2H6/c1-18-6-9-20(17-33)24(25(34)32-14-12-31(5)13-15-32)23(18)27(37)39-21-10-7-19(8-11-21)16-22(26(35)36)30-28(38)40-29(2,3)4;1-2-19-9-6-10-20(23(28)29-17-18-7-4-3-5-8-18)21(19)22(27)25-13-11-24(12-14-25)15-16-26;1-3-4-2;1-3-2;2*1-2/h6-11,18,20,22-24,33H,12-17H2,1-5H3,(H,30,38)(H,35,36);3-9,19-21,26H,2,10-17H2,1H3;3-4H,1-2H3;3H2,1-2H3;2*1-2H3/b;;4-3-;;;/t;19-,20?,21?;;;;/m.0..../s1. The number of aliphatic hydroxyl groups excluding tert-OH is 2. The van der Waals surface area contributed by atoms with E-state index in [0.29, 0.717) is 44.7 Å². The first-order valence-corrected chi connectivity index (χ1v) is 29.1. The summed E-state index contributed by atoms with van der Waals surface area (Å²) in [4.78, 5) is 85.0. The zero-order chi connectivity index (χ0) is 60.4. The maximum Gasteiger partial charge on any atom is 0.408 e. The lowest BCUT2D eigenvalue weighted by molar-refractivity contribution is -0.158. The Morgan fingerprint density at radius 1 is 0.713 bits per heavy atom. The van der Waals surface area contributed by atoms with Gasteiger partial charge in [-0.15, -0.1) is 0 Å². The number of benzene rings is 2. The number of rotatable bonds is 15. The molecule has 2 aromatic carbocycles. The summed E-state index contributed by atoms with van der Waals surface area (Å²) in [6, 6.07) is 14.7. The van der Waals surface area contributed by atoms with Crippen molar-refractivity contribution in [3.63, 3.8) is 0 Å². The topological polar surface area (TPSA) is 216 Å². The third-order valence-electron chi connectivity index (χ3n) is 13.6. The first-order valence-electron chi connectivity index (χ1n) is 29.1. The van der Waals surface area contributed by atoms with Crippen LogP contribution < -0.4 is 10.1 Å². The summed E-state index contributed by atoms with van der Waals surface area (Å²) in [5, 5.41) is 31.0. The lowest BCUT2D eigenvalue weighted by Gasteiger charge is -2.40. The SMILES string of the molecule is C/C=C\C.CC.CC.CC1C=CC(CO)C(C(=O)N2CCN(C)CC2)C1C(=O)Oc1ccc(CC(NC(=O)OC(C)(C)C)C(=O)O)cc1.CCC.CC[C@H]1C=CCC(C(=O)OCc2ccccc2)C1C(=O)N1CCN(CCO)CC1. The minimum atomic E-state index is -1.21. The number of amides is 3. The zero-order valence-corrected chi connectivity index (χ0v) is 50.9. The lowest BCUT2D eigenvalue weighted by atomic mass is 9.70. The second-order valence-corrected chi connectivity index (χ2v) is 20.8. The highest BCUT2D eigenvalue weighted by molar-refractivity contribution is 5.88. The normalized spacial score (nSPS) is 22.0. The summed E-state index contributed by atoms with van der Waals surface area (Å²) >= 11 is 0. The molecule has 2 aliphatic carbocycles.